The second-order valence-corrected chi connectivity index (χ2v) is 2.72. The van der Waals surface area contributed by atoms with E-state index in [4.69, 9.17) is 18.0 Å². The van der Waals surface area contributed by atoms with Crippen molar-refractivity contribution in [2.45, 2.75) is 11.9 Å². The topological polar surface area (TPSA) is 54.7 Å². The average molecular weight is 173 g/mol. The van der Waals surface area contributed by atoms with Gasteiger partial charge in [-0.25, -0.2) is 4.98 Å². The van der Waals surface area contributed by atoms with Crippen molar-refractivity contribution in [1.82, 2.24) is 9.97 Å². The Kier molecular flexibility index (Phi) is 1.96. The van der Waals surface area contributed by atoms with Crippen LogP contribution in [-0.2, 0) is 0 Å². The minimum Gasteiger partial charge on any atom is -0.394 e. The standard InChI is InChI=1S/C5H7N3S2/c1-2-7-4(9)3(6)5(10)8-2/h6H2,1H3,(H2,7,8,9,10). The van der Waals surface area contributed by atoms with Gasteiger partial charge in [0.2, 0.25) is 0 Å². The average Bonchev–Trinajstić information content (AvgIpc) is 1.82. The lowest BCUT2D eigenvalue weighted by atomic mass is 10.5. The molecule has 0 fully saturated rings. The number of H-pyrrole nitrogens is 1. The Balaban J connectivity index is 3.46. The van der Waals surface area contributed by atoms with Crippen LogP contribution in [0.2, 0.25) is 0 Å². The summed E-state index contributed by atoms with van der Waals surface area (Å²) in [5.74, 6) is 0.726. The van der Waals surface area contributed by atoms with E-state index in [0.717, 1.165) is 5.82 Å². The highest BCUT2D eigenvalue weighted by atomic mass is 32.1. The molecule has 0 aliphatic carbocycles. The number of rotatable bonds is 0. The fraction of sp³-hybridized carbons (Fsp3) is 0.200. The first-order valence-electron chi connectivity index (χ1n) is 2.66. The minimum atomic E-state index is 0.434. The number of thiol groups is 1. The lowest BCUT2D eigenvalue weighted by Crippen LogP contribution is -1.96. The maximum absolute atomic E-state index is 5.48. The quantitative estimate of drug-likeness (QED) is 0.315. The Morgan fingerprint density at radius 1 is 1.70 bits per heavy atom. The predicted octanol–water partition coefficient (Wildman–Crippen LogP) is 1.32. The summed E-state index contributed by atoms with van der Waals surface area (Å²) in [5.41, 5.74) is 5.91. The van der Waals surface area contributed by atoms with Gasteiger partial charge in [0.1, 0.15) is 15.5 Å². The number of nitrogens with zero attached hydrogens (tertiary/aromatic N) is 1. The van der Waals surface area contributed by atoms with Crippen molar-refractivity contribution in [1.29, 1.82) is 0 Å². The fourth-order valence-electron chi connectivity index (χ4n) is 0.580. The summed E-state index contributed by atoms with van der Waals surface area (Å²) in [7, 11) is 0. The van der Waals surface area contributed by atoms with Gasteiger partial charge >= 0.3 is 0 Å². The van der Waals surface area contributed by atoms with Gasteiger partial charge in [0, 0.05) is 0 Å². The summed E-state index contributed by atoms with van der Waals surface area (Å²) >= 11 is 8.87. The number of nitrogens with one attached hydrogen (secondary N) is 1. The van der Waals surface area contributed by atoms with Gasteiger partial charge in [-0.2, -0.15) is 0 Å². The number of aromatic nitrogens is 2. The lowest BCUT2D eigenvalue weighted by molar-refractivity contribution is 0.969. The number of hydrogen-bond donors (Lipinski definition) is 3. The molecule has 1 aromatic heterocycles. The molecule has 54 valence electrons. The van der Waals surface area contributed by atoms with E-state index < -0.39 is 0 Å². The van der Waals surface area contributed by atoms with Crippen molar-refractivity contribution in [2.75, 3.05) is 5.73 Å². The van der Waals surface area contributed by atoms with Crippen LogP contribution in [0, 0.1) is 11.6 Å². The molecule has 0 amide bonds. The van der Waals surface area contributed by atoms with Crippen molar-refractivity contribution in [3.63, 3.8) is 0 Å². The number of nitrogens with two attached hydrogens (primary N) is 1. The van der Waals surface area contributed by atoms with Crippen LogP contribution in [0.25, 0.3) is 0 Å². The van der Waals surface area contributed by atoms with Crippen molar-refractivity contribution in [2.24, 2.45) is 0 Å². The van der Waals surface area contributed by atoms with Gasteiger partial charge in [0.05, 0.1) is 5.69 Å². The highest BCUT2D eigenvalue weighted by Gasteiger charge is 1.97. The second kappa shape index (κ2) is 2.59. The van der Waals surface area contributed by atoms with Gasteiger partial charge in [-0.05, 0) is 6.92 Å². The summed E-state index contributed by atoms with van der Waals surface area (Å²) in [4.78, 5) is 6.76. The van der Waals surface area contributed by atoms with Gasteiger partial charge in [0.25, 0.3) is 0 Å². The highest BCUT2D eigenvalue weighted by molar-refractivity contribution is 7.80. The summed E-state index contributed by atoms with van der Waals surface area (Å²) in [5, 5.41) is 0.487. The first-order valence-corrected chi connectivity index (χ1v) is 3.52. The smallest absolute Gasteiger partial charge is 0.130 e. The van der Waals surface area contributed by atoms with Crippen LogP contribution in [0.3, 0.4) is 0 Å². The SMILES string of the molecule is Cc1nc(S)c(N)c(=S)[nH]1. The van der Waals surface area contributed by atoms with E-state index in [2.05, 4.69) is 22.6 Å². The van der Waals surface area contributed by atoms with Crippen LogP contribution in [0.1, 0.15) is 5.82 Å². The predicted molar refractivity (Wildman–Crippen MR) is 45.8 cm³/mol. The van der Waals surface area contributed by atoms with E-state index in [1.807, 2.05) is 0 Å². The molecular weight excluding hydrogens is 166 g/mol. The lowest BCUT2D eigenvalue weighted by Gasteiger charge is -1.98. The van der Waals surface area contributed by atoms with Crippen LogP contribution in [0.4, 0.5) is 5.69 Å². The summed E-state index contributed by atoms with van der Waals surface area (Å²) in [6, 6.07) is 0. The zero-order chi connectivity index (χ0) is 7.72. The maximum atomic E-state index is 5.48. The molecule has 1 rings (SSSR count). The Labute approximate surface area is 69.1 Å². The molecule has 0 aliphatic rings. The summed E-state index contributed by atoms with van der Waals surface area (Å²) in [6.07, 6.45) is 0. The van der Waals surface area contributed by atoms with Gasteiger partial charge in [-0.15, -0.1) is 12.6 Å². The molecule has 0 saturated carbocycles. The third kappa shape index (κ3) is 1.30. The Morgan fingerprint density at radius 2 is 2.30 bits per heavy atom. The van der Waals surface area contributed by atoms with Gasteiger partial charge in [-0.3, -0.25) is 0 Å². The maximum Gasteiger partial charge on any atom is 0.130 e. The van der Waals surface area contributed by atoms with Gasteiger partial charge < -0.3 is 10.7 Å². The number of hydrogen-bond acceptors (Lipinski definition) is 4. The molecule has 10 heavy (non-hydrogen) atoms. The third-order valence-corrected chi connectivity index (χ3v) is 1.72. The molecule has 3 N–H and O–H groups in total. The molecule has 0 spiro atoms. The molecule has 0 bridgehead atoms. The summed E-state index contributed by atoms with van der Waals surface area (Å²) in [6.45, 7) is 1.80. The third-order valence-electron chi connectivity index (χ3n) is 1.05. The molecule has 5 heteroatoms. The number of aromatic amines is 1. The Hall–Kier alpha value is -0.550. The van der Waals surface area contributed by atoms with E-state index >= 15 is 0 Å². The van der Waals surface area contributed by atoms with Crippen molar-refractivity contribution >= 4 is 30.5 Å². The number of aryl methyl sites for hydroxylation is 1. The van der Waals surface area contributed by atoms with E-state index in [1.54, 1.807) is 6.92 Å². The Bertz CT molecular complexity index is 304. The second-order valence-electron chi connectivity index (χ2n) is 1.89. The van der Waals surface area contributed by atoms with E-state index in [1.165, 1.54) is 0 Å². The monoisotopic (exact) mass is 173 g/mol. The summed E-state index contributed by atoms with van der Waals surface area (Å²) < 4.78 is 0.498. The van der Waals surface area contributed by atoms with Crippen LogP contribution in [0.5, 0.6) is 0 Å². The first kappa shape index (κ1) is 7.56. The first-order chi connectivity index (χ1) is 4.61. The molecular formula is C5H7N3S2. The van der Waals surface area contributed by atoms with E-state index in [-0.39, 0.29) is 0 Å². The molecule has 0 aromatic carbocycles. The zero-order valence-corrected chi connectivity index (χ0v) is 7.09. The molecule has 0 aliphatic heterocycles. The highest BCUT2D eigenvalue weighted by Crippen LogP contribution is 2.12. The van der Waals surface area contributed by atoms with Gasteiger partial charge in [0.15, 0.2) is 0 Å². The van der Waals surface area contributed by atoms with Crippen LogP contribution in [0.15, 0.2) is 5.03 Å². The van der Waals surface area contributed by atoms with Gasteiger partial charge in [-0.1, -0.05) is 12.2 Å². The molecule has 1 heterocycles. The number of nitrogen functional groups attached to an aromatic ring is 1. The zero-order valence-electron chi connectivity index (χ0n) is 5.38. The minimum absolute atomic E-state index is 0.434. The molecule has 0 atom stereocenters. The van der Waals surface area contributed by atoms with Crippen LogP contribution < -0.4 is 5.73 Å². The van der Waals surface area contributed by atoms with Crippen LogP contribution in [-0.4, -0.2) is 9.97 Å². The number of anilines is 1. The molecule has 0 unspecified atom stereocenters. The van der Waals surface area contributed by atoms with E-state index in [0.29, 0.717) is 15.4 Å². The molecule has 1 aromatic rings. The normalized spacial score (nSPS) is 9.80. The largest absolute Gasteiger partial charge is 0.394 e. The van der Waals surface area contributed by atoms with Crippen molar-refractivity contribution in [3.05, 3.63) is 10.5 Å². The molecule has 0 saturated heterocycles. The Morgan fingerprint density at radius 3 is 2.80 bits per heavy atom. The molecule has 3 nitrogen and oxygen atoms in total. The van der Waals surface area contributed by atoms with Crippen molar-refractivity contribution < 1.29 is 0 Å². The fourth-order valence-corrected chi connectivity index (χ4v) is 1.16. The van der Waals surface area contributed by atoms with E-state index in [9.17, 15) is 0 Å². The van der Waals surface area contributed by atoms with Crippen molar-refractivity contribution in [3.8, 4) is 0 Å². The van der Waals surface area contributed by atoms with Crippen LogP contribution >= 0.6 is 24.8 Å². The molecule has 0 radical (unpaired) electrons.